The van der Waals surface area contributed by atoms with Crippen LogP contribution in [0, 0.1) is 32.1 Å². The Kier molecular flexibility index (Phi) is 24.4. The third kappa shape index (κ3) is 19.9. The van der Waals surface area contributed by atoms with Gasteiger partial charge in [0.15, 0.2) is 5.13 Å². The highest BCUT2D eigenvalue weighted by molar-refractivity contribution is 7.13. The van der Waals surface area contributed by atoms with Crippen LogP contribution >= 0.6 is 34.5 Å². The lowest BCUT2D eigenvalue weighted by molar-refractivity contribution is 0.101. The fourth-order valence-electron chi connectivity index (χ4n) is 9.43. The summed E-state index contributed by atoms with van der Waals surface area (Å²) in [6.45, 7) is 5.82. The van der Waals surface area contributed by atoms with Crippen molar-refractivity contribution in [1.82, 2.24) is 108 Å². The van der Waals surface area contributed by atoms with Crippen molar-refractivity contribution in [3.8, 4) is 63.0 Å². The molecule has 0 radical (unpaired) electrons. The van der Waals surface area contributed by atoms with Crippen molar-refractivity contribution in [2.45, 2.75) is 20.8 Å². The van der Waals surface area contributed by atoms with E-state index >= 15 is 0 Å². The third-order valence-electron chi connectivity index (χ3n) is 14.8. The SMILES string of the molecule is Cc1cc(C(=O)Nc2ccccc2)ccc1-c1nn[nH]n1.Cc1ccc(NC(=O)c2ccc(-c3nn[nH]n3)cc2)cc1.Cc1ccc(NC(=O)c2ccc(-c3nn[nH]n3)cc2)cc1Cl.N#Cc1cc(-c2nn[nH]n2)ccc1C(=O)Nc1nccs1.O=C(Nc1ccccc1)c1ccc(-c2nn[nH]n2)cc1Cl. The maximum absolute atomic E-state index is 12.2. The van der Waals surface area contributed by atoms with E-state index in [9.17, 15) is 29.2 Å². The Labute approximate surface area is 614 Å². The number of aromatic amines is 5. The Balaban J connectivity index is 0.000000132. The van der Waals surface area contributed by atoms with Crippen LogP contribution in [0.5, 0.6) is 0 Å². The van der Waals surface area contributed by atoms with Gasteiger partial charge in [-0.05, 0) is 173 Å². The molecule has 0 aliphatic rings. The van der Waals surface area contributed by atoms with Crippen molar-refractivity contribution in [1.29, 1.82) is 5.26 Å². The summed E-state index contributed by atoms with van der Waals surface area (Å²) in [7, 11) is 0. The standard InChI is InChI=1S/C15H12ClN5O.2C15H13N5O.C14H10ClN5O.C12H7N7OS/c1-9-2-7-12(8-13(9)16)17-15(22)11-5-3-10(4-6-11)14-18-20-21-19-14;1-10-2-8-13(9-3-10)16-15(21)12-6-4-11(5-7-12)14-17-19-20-18-14;1-10-9-11(7-8-13(10)14-17-19-20-18-14)15(21)16-12-5-3-2-4-6-12;15-12-8-9(13-17-19-20-18-13)6-7-11(12)14(21)16-10-4-2-1-3-5-10;13-6-8-5-7(10-16-18-19-17-10)1-2-9(8)11(20)15-12-14-3-4-21-12/h2-8H,1H3,(H,17,22)(H,18,19,20,21);2*2-9H,1H3,(H,16,21)(H,17,18,19,20);1-8H,(H,16,21)(H,17,18,19,20);1-5H,(H,14,15,20)(H,16,17,18,19). The first kappa shape index (κ1) is 72.6. The molecule has 10 N–H and O–H groups in total. The number of halogens is 2. The van der Waals surface area contributed by atoms with Crippen LogP contribution in [-0.4, -0.2) is 138 Å². The maximum Gasteiger partial charge on any atom is 0.258 e. The summed E-state index contributed by atoms with van der Waals surface area (Å²) in [5.74, 6) is 1.11. The molecular weight excluding hydrogens is 1410 g/mol. The van der Waals surface area contributed by atoms with Gasteiger partial charge in [-0.1, -0.05) is 120 Å². The Bertz CT molecular complexity index is 5430. The molecule has 106 heavy (non-hydrogen) atoms. The predicted molar refractivity (Wildman–Crippen MR) is 395 cm³/mol. The van der Waals surface area contributed by atoms with Gasteiger partial charge in [0.1, 0.15) is 0 Å². The lowest BCUT2D eigenvalue weighted by Crippen LogP contribution is -2.13. The molecular formula is C71H55Cl2N27O5S. The Morgan fingerprint density at radius 1 is 0.387 bits per heavy atom. The van der Waals surface area contributed by atoms with Crippen molar-refractivity contribution in [2.24, 2.45) is 0 Å². The lowest BCUT2D eigenvalue weighted by atomic mass is 10.0. The zero-order valence-corrected chi connectivity index (χ0v) is 57.9. The van der Waals surface area contributed by atoms with Gasteiger partial charge in [0, 0.05) is 83.9 Å². The van der Waals surface area contributed by atoms with Crippen LogP contribution in [0.2, 0.25) is 10.0 Å². The summed E-state index contributed by atoms with van der Waals surface area (Å²) in [5.41, 5.74) is 12.2. The number of carbonyl (C=O) groups excluding carboxylic acids is 5. The van der Waals surface area contributed by atoms with Gasteiger partial charge in [0.05, 0.1) is 27.8 Å². The molecule has 5 amide bonds. The zero-order valence-electron chi connectivity index (χ0n) is 55.6. The van der Waals surface area contributed by atoms with Crippen molar-refractivity contribution in [3.63, 3.8) is 0 Å². The van der Waals surface area contributed by atoms with E-state index < -0.39 is 0 Å². The van der Waals surface area contributed by atoms with Gasteiger partial charge in [0.25, 0.3) is 29.5 Å². The first-order valence-electron chi connectivity index (χ1n) is 31.3. The number of H-pyrrole nitrogens is 5. The van der Waals surface area contributed by atoms with Crippen molar-refractivity contribution < 1.29 is 24.0 Å². The predicted octanol–water partition coefficient (Wildman–Crippen LogP) is 12.2. The number of hydrogen-bond acceptors (Lipinski definition) is 23. The summed E-state index contributed by atoms with van der Waals surface area (Å²) in [4.78, 5) is 64.8. The Morgan fingerprint density at radius 3 is 1.27 bits per heavy atom. The van der Waals surface area contributed by atoms with Crippen LogP contribution in [0.25, 0.3) is 56.9 Å². The molecule has 0 saturated heterocycles. The normalized spacial score (nSPS) is 10.3. The molecule has 35 heteroatoms. The molecule has 0 atom stereocenters. The summed E-state index contributed by atoms with van der Waals surface area (Å²) in [6, 6.07) is 62.6. The number of nitrogens with one attached hydrogen (secondary N) is 10. The van der Waals surface area contributed by atoms with Crippen LogP contribution in [-0.2, 0) is 0 Å². The van der Waals surface area contributed by atoms with E-state index in [4.69, 9.17) is 23.2 Å². The number of para-hydroxylation sites is 2. The molecule has 0 aliphatic carbocycles. The molecule has 32 nitrogen and oxygen atoms in total. The second-order valence-electron chi connectivity index (χ2n) is 22.1. The summed E-state index contributed by atoms with van der Waals surface area (Å²) in [6.07, 6.45) is 1.59. The fraction of sp³-hybridized carbons (Fsp3) is 0.0423. The van der Waals surface area contributed by atoms with Crippen LogP contribution < -0.4 is 26.6 Å². The average molecular weight is 1470 g/mol. The van der Waals surface area contributed by atoms with E-state index in [1.54, 1.807) is 121 Å². The highest BCUT2D eigenvalue weighted by Crippen LogP contribution is 2.27. The number of nitrogens with zero attached hydrogens (tertiary/aromatic N) is 17. The van der Waals surface area contributed by atoms with E-state index in [0.29, 0.717) is 89.1 Å². The van der Waals surface area contributed by atoms with Gasteiger partial charge < -0.3 is 21.3 Å². The number of thiazole rings is 1. The van der Waals surface area contributed by atoms with Crippen LogP contribution in [0.1, 0.15) is 74.0 Å². The van der Waals surface area contributed by atoms with E-state index in [0.717, 1.165) is 44.8 Å². The van der Waals surface area contributed by atoms with Crippen molar-refractivity contribution in [3.05, 3.63) is 278 Å². The molecule has 0 bridgehead atoms. The highest BCUT2D eigenvalue weighted by Gasteiger charge is 2.18. The smallest absolute Gasteiger partial charge is 0.258 e. The number of tetrazole rings is 5. The number of carbonyl (C=O) groups is 5. The van der Waals surface area contributed by atoms with Gasteiger partial charge in [0.2, 0.25) is 29.1 Å². The highest BCUT2D eigenvalue weighted by atomic mass is 35.5. The summed E-state index contributed by atoms with van der Waals surface area (Å²) in [5, 5.41) is 94.5. The number of nitriles is 1. The van der Waals surface area contributed by atoms with E-state index in [1.165, 1.54) is 11.3 Å². The van der Waals surface area contributed by atoms with Crippen LogP contribution in [0.15, 0.2) is 218 Å². The van der Waals surface area contributed by atoms with Crippen molar-refractivity contribution >= 4 is 92.0 Å². The van der Waals surface area contributed by atoms with Gasteiger partial charge in [-0.25, -0.2) is 4.98 Å². The molecule has 0 saturated carbocycles. The molecule has 9 aromatic carbocycles. The largest absolute Gasteiger partial charge is 0.322 e. The molecule has 0 spiro atoms. The monoisotopic (exact) mass is 1470 g/mol. The van der Waals surface area contributed by atoms with E-state index in [-0.39, 0.29) is 40.7 Å². The van der Waals surface area contributed by atoms with Gasteiger partial charge in [-0.15, -0.1) is 62.3 Å². The van der Waals surface area contributed by atoms with Crippen LogP contribution in [0.3, 0.4) is 0 Å². The van der Waals surface area contributed by atoms with Crippen LogP contribution in [0.4, 0.5) is 27.9 Å². The number of hydrogen-bond donors (Lipinski definition) is 10. The molecule has 524 valence electrons. The lowest BCUT2D eigenvalue weighted by Gasteiger charge is -2.07. The molecule has 15 aromatic rings. The molecule has 6 aromatic heterocycles. The minimum Gasteiger partial charge on any atom is -0.322 e. The van der Waals surface area contributed by atoms with E-state index in [2.05, 4.69) is 135 Å². The molecule has 0 unspecified atom stereocenters. The second kappa shape index (κ2) is 35.6. The average Bonchev–Trinajstić information content (AvgIpc) is 1.37. The molecule has 0 fully saturated rings. The minimum atomic E-state index is -0.388. The number of rotatable bonds is 15. The number of benzene rings is 9. The molecule has 0 aliphatic heterocycles. The maximum atomic E-state index is 12.2. The van der Waals surface area contributed by atoms with E-state index in [1.807, 2.05) is 124 Å². The first-order valence-corrected chi connectivity index (χ1v) is 33.0. The Morgan fingerprint density at radius 2 is 0.811 bits per heavy atom. The van der Waals surface area contributed by atoms with Gasteiger partial charge >= 0.3 is 0 Å². The second-order valence-corrected chi connectivity index (χ2v) is 23.8. The Hall–Kier alpha value is -14.6. The quantitative estimate of drug-likeness (QED) is 0.0456. The van der Waals surface area contributed by atoms with Gasteiger partial charge in [-0.2, -0.15) is 31.3 Å². The van der Waals surface area contributed by atoms with Gasteiger partial charge in [-0.3, -0.25) is 29.3 Å². The zero-order chi connectivity index (χ0) is 74.2. The topological polar surface area (TPSA) is 454 Å². The number of anilines is 5. The number of aromatic nitrogens is 21. The van der Waals surface area contributed by atoms with Crippen molar-refractivity contribution in [2.75, 3.05) is 26.6 Å². The summed E-state index contributed by atoms with van der Waals surface area (Å²) >= 11 is 13.5. The summed E-state index contributed by atoms with van der Waals surface area (Å²) < 4.78 is 0. The third-order valence-corrected chi connectivity index (χ3v) is 16.2. The molecule has 6 heterocycles. The minimum absolute atomic E-state index is 0.149. The first-order chi connectivity index (χ1) is 51.6. The molecule has 15 rings (SSSR count). The number of amides is 5. The fourth-order valence-corrected chi connectivity index (χ4v) is 10.4. The number of aryl methyl sites for hydroxylation is 3.